The number of rotatable bonds is 6. The lowest BCUT2D eigenvalue weighted by molar-refractivity contribution is 0.0999. The quantitative estimate of drug-likeness (QED) is 0.477. The predicted octanol–water partition coefficient (Wildman–Crippen LogP) is 2.71. The second-order valence-electron chi connectivity index (χ2n) is 6.90. The number of nitrogens with zero attached hydrogens (tertiary/aromatic N) is 4. The Morgan fingerprint density at radius 3 is 2.77 bits per heavy atom. The Labute approximate surface area is 174 Å². The molecule has 158 valence electrons. The molecule has 9 heteroatoms. The third kappa shape index (κ3) is 3.91. The standard InChI is InChI=1S/C14H16N4O2.C7H10N2O/c1-3-4-9-7-20-11-6-8(13(15)19)5-10-12(11)18(9)14(16-2)17-10;1-3-9-7(5-10)4-6(2)8-9/h3,5-6,9H,1,4,7H2,2H3,(H2,15,19)(H,16,17);4-5H,3H2,1-2H3. The smallest absolute Gasteiger partial charge is 0.248 e. The molecule has 0 saturated heterocycles. The molecule has 3 N–H and O–H groups in total. The van der Waals surface area contributed by atoms with Gasteiger partial charge < -0.3 is 20.4 Å². The zero-order valence-electron chi connectivity index (χ0n) is 17.4. The van der Waals surface area contributed by atoms with Crippen LogP contribution in [0, 0.1) is 6.92 Å². The lowest BCUT2D eigenvalue weighted by atomic mass is 10.1. The van der Waals surface area contributed by atoms with Crippen LogP contribution in [0.1, 0.15) is 45.9 Å². The average molecular weight is 410 g/mol. The summed E-state index contributed by atoms with van der Waals surface area (Å²) in [7, 11) is 1.82. The SMILES string of the molecule is C=CCC1COc2cc(C(N)=O)cc3nc(NC)n1c23.CCn1nc(C)cc1C=O. The lowest BCUT2D eigenvalue weighted by Gasteiger charge is -2.26. The first kappa shape index (κ1) is 21.1. The molecule has 9 nitrogen and oxygen atoms in total. The first-order valence-corrected chi connectivity index (χ1v) is 9.70. The number of imidazole rings is 1. The number of aryl methyl sites for hydroxylation is 2. The summed E-state index contributed by atoms with van der Waals surface area (Å²) in [5.41, 5.74) is 8.88. The average Bonchev–Trinajstić information content (AvgIpc) is 3.31. The van der Waals surface area contributed by atoms with Gasteiger partial charge in [-0.15, -0.1) is 6.58 Å². The molecule has 3 heterocycles. The Bertz CT molecular complexity index is 1100. The molecule has 30 heavy (non-hydrogen) atoms. The van der Waals surface area contributed by atoms with Gasteiger partial charge >= 0.3 is 0 Å². The molecule has 0 aliphatic carbocycles. The molecule has 0 saturated carbocycles. The van der Waals surface area contributed by atoms with E-state index in [1.807, 2.05) is 27.0 Å². The van der Waals surface area contributed by atoms with Crippen LogP contribution in [0.25, 0.3) is 11.0 Å². The van der Waals surface area contributed by atoms with Gasteiger partial charge in [0, 0.05) is 19.2 Å². The maximum atomic E-state index is 11.4. The monoisotopic (exact) mass is 410 g/mol. The van der Waals surface area contributed by atoms with Crippen LogP contribution >= 0.6 is 0 Å². The molecule has 0 bridgehead atoms. The topological polar surface area (TPSA) is 117 Å². The van der Waals surface area contributed by atoms with Crippen LogP contribution in [0.2, 0.25) is 0 Å². The van der Waals surface area contributed by atoms with Gasteiger partial charge in [0.2, 0.25) is 11.9 Å². The van der Waals surface area contributed by atoms with E-state index in [0.29, 0.717) is 29.1 Å². The molecular weight excluding hydrogens is 384 g/mol. The molecule has 1 amide bonds. The van der Waals surface area contributed by atoms with Gasteiger partial charge in [-0.1, -0.05) is 6.08 Å². The summed E-state index contributed by atoms with van der Waals surface area (Å²) < 4.78 is 9.55. The van der Waals surface area contributed by atoms with E-state index in [-0.39, 0.29) is 6.04 Å². The first-order valence-electron chi connectivity index (χ1n) is 9.70. The predicted molar refractivity (Wildman–Crippen MR) is 115 cm³/mol. The Morgan fingerprint density at radius 2 is 2.20 bits per heavy atom. The molecular formula is C21H26N6O3. The highest BCUT2D eigenvalue weighted by atomic mass is 16.5. The molecule has 3 aromatic rings. The van der Waals surface area contributed by atoms with Gasteiger partial charge in [0.05, 0.1) is 17.3 Å². The molecule has 0 spiro atoms. The maximum Gasteiger partial charge on any atom is 0.248 e. The van der Waals surface area contributed by atoms with E-state index in [9.17, 15) is 9.59 Å². The summed E-state index contributed by atoms with van der Waals surface area (Å²) in [6.45, 7) is 8.88. The molecule has 1 aliphatic heterocycles. The normalized spacial score (nSPS) is 14.4. The zero-order chi connectivity index (χ0) is 21.8. The van der Waals surface area contributed by atoms with Crippen molar-refractivity contribution in [3.63, 3.8) is 0 Å². The molecule has 0 radical (unpaired) electrons. The van der Waals surface area contributed by atoms with Crippen LogP contribution in [0.4, 0.5) is 5.95 Å². The highest BCUT2D eigenvalue weighted by Crippen LogP contribution is 2.37. The van der Waals surface area contributed by atoms with Gasteiger partial charge in [0.25, 0.3) is 0 Å². The summed E-state index contributed by atoms with van der Waals surface area (Å²) in [6.07, 6.45) is 3.47. The number of benzene rings is 1. The second-order valence-corrected chi connectivity index (χ2v) is 6.90. The van der Waals surface area contributed by atoms with E-state index in [4.69, 9.17) is 10.5 Å². The number of hydrogen-bond acceptors (Lipinski definition) is 6. The number of aldehydes is 1. The highest BCUT2D eigenvalue weighted by molar-refractivity contribution is 5.99. The van der Waals surface area contributed by atoms with Gasteiger partial charge in [-0.3, -0.25) is 14.3 Å². The lowest BCUT2D eigenvalue weighted by Crippen LogP contribution is -2.23. The summed E-state index contributed by atoms with van der Waals surface area (Å²) in [5.74, 6) is 0.907. The van der Waals surface area contributed by atoms with E-state index in [0.717, 1.165) is 36.4 Å². The van der Waals surface area contributed by atoms with Crippen molar-refractivity contribution in [3.05, 3.63) is 47.8 Å². The molecule has 0 fully saturated rings. The van der Waals surface area contributed by atoms with Crippen molar-refractivity contribution in [1.29, 1.82) is 0 Å². The molecule has 4 rings (SSSR count). The number of primary amides is 1. The van der Waals surface area contributed by atoms with Crippen molar-refractivity contribution in [2.45, 2.75) is 32.9 Å². The number of hydrogen-bond donors (Lipinski definition) is 2. The Morgan fingerprint density at radius 1 is 1.43 bits per heavy atom. The fourth-order valence-corrected chi connectivity index (χ4v) is 3.52. The van der Waals surface area contributed by atoms with Crippen LogP contribution in [0.3, 0.4) is 0 Å². The number of amides is 1. The summed E-state index contributed by atoms with van der Waals surface area (Å²) >= 11 is 0. The number of carbonyl (C=O) groups excluding carboxylic acids is 2. The van der Waals surface area contributed by atoms with Crippen LogP contribution in [-0.2, 0) is 6.54 Å². The van der Waals surface area contributed by atoms with Crippen molar-refractivity contribution in [1.82, 2.24) is 19.3 Å². The van der Waals surface area contributed by atoms with Gasteiger partial charge in [0.15, 0.2) is 6.29 Å². The van der Waals surface area contributed by atoms with Gasteiger partial charge in [-0.2, -0.15) is 5.10 Å². The summed E-state index contributed by atoms with van der Waals surface area (Å²) in [5, 5.41) is 7.17. The molecule has 1 aliphatic rings. The van der Waals surface area contributed by atoms with Gasteiger partial charge in [-0.05, 0) is 38.5 Å². The largest absolute Gasteiger partial charge is 0.489 e. The van der Waals surface area contributed by atoms with Gasteiger partial charge in [-0.25, -0.2) is 4.98 Å². The number of allylic oxidation sites excluding steroid dienone is 1. The number of nitrogens with two attached hydrogens (primary N) is 1. The highest BCUT2D eigenvalue weighted by Gasteiger charge is 2.26. The van der Waals surface area contributed by atoms with Crippen molar-refractivity contribution in [3.8, 4) is 5.75 Å². The third-order valence-corrected chi connectivity index (χ3v) is 4.85. The van der Waals surface area contributed by atoms with E-state index < -0.39 is 5.91 Å². The Balaban J connectivity index is 0.000000216. The van der Waals surface area contributed by atoms with Gasteiger partial charge in [0.1, 0.15) is 23.6 Å². The molecule has 1 aromatic carbocycles. The fraction of sp³-hybridized carbons (Fsp3) is 0.333. The van der Waals surface area contributed by atoms with Crippen molar-refractivity contribution in [2.75, 3.05) is 19.0 Å². The summed E-state index contributed by atoms with van der Waals surface area (Å²) in [4.78, 5) is 26.2. The van der Waals surface area contributed by atoms with E-state index in [2.05, 4.69) is 26.5 Å². The maximum absolute atomic E-state index is 11.4. The minimum Gasteiger partial charge on any atom is -0.489 e. The number of aromatic nitrogens is 4. The number of ether oxygens (including phenoxy) is 1. The number of nitrogens with one attached hydrogen (secondary N) is 1. The zero-order valence-corrected chi connectivity index (χ0v) is 17.4. The Kier molecular flexibility index (Phi) is 6.20. The van der Waals surface area contributed by atoms with E-state index in [1.165, 1.54) is 0 Å². The number of anilines is 1. The van der Waals surface area contributed by atoms with Crippen molar-refractivity contribution >= 4 is 29.2 Å². The third-order valence-electron chi connectivity index (χ3n) is 4.85. The van der Waals surface area contributed by atoms with Crippen molar-refractivity contribution < 1.29 is 14.3 Å². The molecule has 2 aromatic heterocycles. The van der Waals surface area contributed by atoms with Crippen molar-refractivity contribution in [2.24, 2.45) is 5.73 Å². The summed E-state index contributed by atoms with van der Waals surface area (Å²) in [6, 6.07) is 5.29. The van der Waals surface area contributed by atoms with E-state index in [1.54, 1.807) is 22.9 Å². The fourth-order valence-electron chi connectivity index (χ4n) is 3.52. The van der Waals surface area contributed by atoms with Crippen LogP contribution in [0.15, 0.2) is 30.9 Å². The molecule has 1 atom stereocenters. The van der Waals surface area contributed by atoms with Crippen LogP contribution < -0.4 is 15.8 Å². The molecule has 1 unspecified atom stereocenters. The minimum atomic E-state index is -0.486. The Hall–Kier alpha value is -3.62. The van der Waals surface area contributed by atoms with E-state index >= 15 is 0 Å². The van der Waals surface area contributed by atoms with Crippen LogP contribution in [-0.4, -0.2) is 45.2 Å². The number of carbonyl (C=O) groups is 2. The second kappa shape index (κ2) is 8.81. The van der Waals surface area contributed by atoms with Crippen LogP contribution in [0.5, 0.6) is 5.75 Å². The minimum absolute atomic E-state index is 0.145. The first-order chi connectivity index (χ1) is 14.4.